The summed E-state index contributed by atoms with van der Waals surface area (Å²) >= 11 is 0. The maximum absolute atomic E-state index is 12.1. The second kappa shape index (κ2) is 5.90. The van der Waals surface area contributed by atoms with Crippen LogP contribution in [0.1, 0.15) is 19.8 Å². The number of ether oxygens (including phenoxy) is 1. The summed E-state index contributed by atoms with van der Waals surface area (Å²) in [6, 6.07) is 6.20. The Bertz CT molecular complexity index is 513. The molecule has 1 aliphatic heterocycles. The van der Waals surface area contributed by atoms with E-state index >= 15 is 0 Å². The molecule has 0 bridgehead atoms. The Morgan fingerprint density at radius 3 is 2.68 bits per heavy atom. The van der Waals surface area contributed by atoms with E-state index in [0.29, 0.717) is 18.8 Å². The van der Waals surface area contributed by atoms with Crippen molar-refractivity contribution in [2.45, 2.75) is 30.8 Å². The summed E-state index contributed by atoms with van der Waals surface area (Å²) in [4.78, 5) is 0.244. The minimum absolute atomic E-state index is 0.161. The number of benzene rings is 1. The van der Waals surface area contributed by atoms with Gasteiger partial charge in [-0.1, -0.05) is 6.92 Å². The summed E-state index contributed by atoms with van der Waals surface area (Å²) in [5, 5.41) is 0. The summed E-state index contributed by atoms with van der Waals surface area (Å²) < 4.78 is 32.4. The molecule has 5 nitrogen and oxygen atoms in total. The Hall–Kier alpha value is -1.11. The average molecular weight is 284 g/mol. The lowest BCUT2D eigenvalue weighted by Gasteiger charge is -2.17. The number of hydrogen-bond donors (Lipinski definition) is 2. The van der Waals surface area contributed by atoms with Crippen molar-refractivity contribution >= 4 is 15.7 Å². The zero-order chi connectivity index (χ0) is 13.9. The van der Waals surface area contributed by atoms with Gasteiger partial charge in [0.05, 0.1) is 11.0 Å². The van der Waals surface area contributed by atoms with Gasteiger partial charge in [-0.3, -0.25) is 0 Å². The van der Waals surface area contributed by atoms with Crippen molar-refractivity contribution in [1.29, 1.82) is 0 Å². The van der Waals surface area contributed by atoms with Gasteiger partial charge in [-0.2, -0.15) is 0 Å². The normalized spacial score (nSPS) is 23.6. The maximum atomic E-state index is 12.1. The van der Waals surface area contributed by atoms with Crippen molar-refractivity contribution in [2.24, 2.45) is 5.92 Å². The van der Waals surface area contributed by atoms with Gasteiger partial charge in [-0.15, -0.1) is 0 Å². The summed E-state index contributed by atoms with van der Waals surface area (Å²) in [5.41, 5.74) is 6.10. The fraction of sp³-hybridized carbons (Fsp3) is 0.538. The molecule has 6 heteroatoms. The number of anilines is 1. The van der Waals surface area contributed by atoms with Crippen LogP contribution in [0.3, 0.4) is 0 Å². The van der Waals surface area contributed by atoms with Gasteiger partial charge in [-0.25, -0.2) is 13.1 Å². The Morgan fingerprint density at radius 1 is 1.37 bits per heavy atom. The Morgan fingerprint density at radius 2 is 2.05 bits per heavy atom. The first-order valence-corrected chi connectivity index (χ1v) is 7.98. The summed E-state index contributed by atoms with van der Waals surface area (Å²) in [6.45, 7) is 3.19. The third-order valence-electron chi connectivity index (χ3n) is 3.47. The Labute approximate surface area is 114 Å². The molecule has 0 radical (unpaired) electrons. The minimum Gasteiger partial charge on any atom is -0.399 e. The highest BCUT2D eigenvalue weighted by Gasteiger charge is 2.28. The lowest BCUT2D eigenvalue weighted by molar-refractivity contribution is 0.0884. The van der Waals surface area contributed by atoms with Gasteiger partial charge in [-0.05, 0) is 37.1 Å². The molecule has 2 atom stereocenters. The first kappa shape index (κ1) is 14.3. The molecule has 0 spiro atoms. The molecular formula is C13H20N2O3S. The molecule has 1 aromatic carbocycles. The molecule has 3 N–H and O–H groups in total. The fourth-order valence-corrected chi connectivity index (χ4v) is 3.42. The molecule has 19 heavy (non-hydrogen) atoms. The van der Waals surface area contributed by atoms with Crippen LogP contribution in [0.4, 0.5) is 5.69 Å². The molecule has 1 aliphatic rings. The lowest BCUT2D eigenvalue weighted by Crippen LogP contribution is -2.32. The largest absolute Gasteiger partial charge is 0.399 e. The second-order valence-corrected chi connectivity index (χ2v) is 6.55. The molecule has 0 amide bonds. The van der Waals surface area contributed by atoms with Crippen LogP contribution >= 0.6 is 0 Å². The van der Waals surface area contributed by atoms with Crippen molar-refractivity contribution in [3.8, 4) is 0 Å². The smallest absolute Gasteiger partial charge is 0.240 e. The van der Waals surface area contributed by atoms with Gasteiger partial charge >= 0.3 is 0 Å². The van der Waals surface area contributed by atoms with Crippen molar-refractivity contribution in [3.05, 3.63) is 24.3 Å². The van der Waals surface area contributed by atoms with Crippen LogP contribution in [0, 0.1) is 5.92 Å². The molecule has 0 aliphatic carbocycles. The molecule has 1 fully saturated rings. The number of sulfonamides is 1. The summed E-state index contributed by atoms with van der Waals surface area (Å²) in [6.07, 6.45) is 1.98. The number of hydrogen-bond acceptors (Lipinski definition) is 4. The lowest BCUT2D eigenvalue weighted by atomic mass is 10.0. The van der Waals surface area contributed by atoms with E-state index in [9.17, 15) is 8.42 Å². The number of nitrogens with one attached hydrogen (secondary N) is 1. The van der Waals surface area contributed by atoms with Crippen LogP contribution in [0.15, 0.2) is 29.2 Å². The van der Waals surface area contributed by atoms with Crippen molar-refractivity contribution in [1.82, 2.24) is 4.72 Å². The molecule has 1 heterocycles. The van der Waals surface area contributed by atoms with Gasteiger partial charge in [0.1, 0.15) is 0 Å². The zero-order valence-corrected chi connectivity index (χ0v) is 11.8. The van der Waals surface area contributed by atoms with Crippen LogP contribution < -0.4 is 10.5 Å². The van der Waals surface area contributed by atoms with E-state index in [4.69, 9.17) is 10.5 Å². The van der Waals surface area contributed by atoms with E-state index in [2.05, 4.69) is 11.6 Å². The van der Waals surface area contributed by atoms with Gasteiger partial charge in [0.25, 0.3) is 0 Å². The fourth-order valence-electron chi connectivity index (χ4n) is 2.32. The van der Waals surface area contributed by atoms with Crippen LogP contribution in [-0.4, -0.2) is 27.7 Å². The molecule has 106 valence electrons. The van der Waals surface area contributed by atoms with E-state index in [1.165, 1.54) is 12.1 Å². The topological polar surface area (TPSA) is 81.4 Å². The second-order valence-electron chi connectivity index (χ2n) is 4.79. The van der Waals surface area contributed by atoms with E-state index in [0.717, 1.165) is 12.8 Å². The van der Waals surface area contributed by atoms with Gasteiger partial charge < -0.3 is 10.5 Å². The van der Waals surface area contributed by atoms with E-state index in [1.807, 2.05) is 0 Å². The van der Waals surface area contributed by atoms with Crippen LogP contribution in [0.2, 0.25) is 0 Å². The number of nitrogen functional groups attached to an aromatic ring is 1. The molecule has 1 aromatic rings. The molecule has 0 saturated carbocycles. The summed E-state index contributed by atoms with van der Waals surface area (Å²) in [5.74, 6) is 0.258. The standard InChI is InChI=1S/C13H20N2O3S/c1-2-13-10(7-8-18-13)9-15-19(16,17)12-5-3-11(14)4-6-12/h3-6,10,13,15H,2,7-9,14H2,1H3. The van der Waals surface area contributed by atoms with E-state index in [1.54, 1.807) is 12.1 Å². The highest BCUT2D eigenvalue weighted by Crippen LogP contribution is 2.23. The highest BCUT2D eigenvalue weighted by molar-refractivity contribution is 7.89. The molecule has 2 unspecified atom stereocenters. The van der Waals surface area contributed by atoms with Crippen LogP contribution in [-0.2, 0) is 14.8 Å². The first-order chi connectivity index (χ1) is 9.03. The van der Waals surface area contributed by atoms with E-state index in [-0.39, 0.29) is 16.9 Å². The molecular weight excluding hydrogens is 264 g/mol. The van der Waals surface area contributed by atoms with Crippen molar-refractivity contribution < 1.29 is 13.2 Å². The summed E-state index contributed by atoms with van der Waals surface area (Å²) in [7, 11) is -3.46. The van der Waals surface area contributed by atoms with Crippen LogP contribution in [0.25, 0.3) is 0 Å². The third-order valence-corrected chi connectivity index (χ3v) is 4.91. The number of nitrogens with two attached hydrogens (primary N) is 1. The predicted molar refractivity (Wildman–Crippen MR) is 74.2 cm³/mol. The van der Waals surface area contributed by atoms with Gasteiger partial charge in [0.15, 0.2) is 0 Å². The Kier molecular flexibility index (Phi) is 4.44. The monoisotopic (exact) mass is 284 g/mol. The maximum Gasteiger partial charge on any atom is 0.240 e. The minimum atomic E-state index is -3.46. The SMILES string of the molecule is CCC1OCCC1CNS(=O)(=O)c1ccc(N)cc1. The van der Waals surface area contributed by atoms with Crippen molar-refractivity contribution in [2.75, 3.05) is 18.9 Å². The molecule has 1 saturated heterocycles. The zero-order valence-electron chi connectivity index (χ0n) is 11.0. The van der Waals surface area contributed by atoms with Gasteiger partial charge in [0, 0.05) is 24.8 Å². The van der Waals surface area contributed by atoms with Crippen molar-refractivity contribution in [3.63, 3.8) is 0 Å². The first-order valence-electron chi connectivity index (χ1n) is 6.49. The Balaban J connectivity index is 2.00. The number of rotatable bonds is 5. The quantitative estimate of drug-likeness (QED) is 0.800. The van der Waals surface area contributed by atoms with Gasteiger partial charge in [0.2, 0.25) is 10.0 Å². The molecule has 2 rings (SSSR count). The highest BCUT2D eigenvalue weighted by atomic mass is 32.2. The third kappa shape index (κ3) is 3.46. The average Bonchev–Trinajstić information content (AvgIpc) is 2.84. The van der Waals surface area contributed by atoms with Crippen LogP contribution in [0.5, 0.6) is 0 Å². The molecule has 0 aromatic heterocycles. The van der Waals surface area contributed by atoms with E-state index < -0.39 is 10.0 Å². The predicted octanol–water partition coefficient (Wildman–Crippen LogP) is 1.36.